The summed E-state index contributed by atoms with van der Waals surface area (Å²) in [6, 6.07) is 20.0. The van der Waals surface area contributed by atoms with Gasteiger partial charge in [-0.3, -0.25) is 14.5 Å². The quantitative estimate of drug-likeness (QED) is 0.452. The van der Waals surface area contributed by atoms with Crippen molar-refractivity contribution in [2.24, 2.45) is 0 Å². The predicted molar refractivity (Wildman–Crippen MR) is 131 cm³/mol. The van der Waals surface area contributed by atoms with Crippen LogP contribution < -0.4 is 5.32 Å². The fraction of sp³-hybridized carbons (Fsp3) is 0.346. The van der Waals surface area contributed by atoms with E-state index in [1.165, 1.54) is 11.3 Å². The van der Waals surface area contributed by atoms with Crippen LogP contribution in [0.1, 0.15) is 39.3 Å². The number of rotatable bonds is 10. The molecule has 2 aromatic carbocycles. The Morgan fingerprint density at radius 2 is 1.52 bits per heavy atom. The molecule has 0 saturated carbocycles. The van der Waals surface area contributed by atoms with Gasteiger partial charge in [-0.1, -0.05) is 72.0 Å². The highest BCUT2D eigenvalue weighted by Gasteiger charge is 2.22. The molecule has 1 fully saturated rings. The van der Waals surface area contributed by atoms with E-state index in [-0.39, 0.29) is 11.7 Å². The third-order valence-electron chi connectivity index (χ3n) is 5.64. The first-order valence-corrected chi connectivity index (χ1v) is 12.2. The van der Waals surface area contributed by atoms with Crippen molar-refractivity contribution in [3.05, 3.63) is 82.4 Å². The lowest BCUT2D eigenvalue weighted by Crippen LogP contribution is -2.36. The van der Waals surface area contributed by atoms with Crippen LogP contribution in [0, 0.1) is 0 Å². The highest BCUT2D eigenvalue weighted by atomic mass is 32.1. The van der Waals surface area contributed by atoms with E-state index in [4.69, 9.17) is 4.74 Å². The minimum Gasteiger partial charge on any atom is -0.379 e. The van der Waals surface area contributed by atoms with Crippen molar-refractivity contribution >= 4 is 28.2 Å². The molecule has 1 saturated heterocycles. The Morgan fingerprint density at radius 1 is 0.909 bits per heavy atom. The van der Waals surface area contributed by atoms with Gasteiger partial charge in [-0.15, -0.1) is 0 Å². The minimum absolute atomic E-state index is 0.0735. The number of carbonyl (C=O) groups excluding carboxylic acids is 2. The van der Waals surface area contributed by atoms with E-state index >= 15 is 0 Å². The molecule has 2 heterocycles. The zero-order valence-corrected chi connectivity index (χ0v) is 19.5. The summed E-state index contributed by atoms with van der Waals surface area (Å²) in [4.78, 5) is 33.2. The first-order valence-electron chi connectivity index (χ1n) is 11.4. The van der Waals surface area contributed by atoms with E-state index in [2.05, 4.69) is 15.2 Å². The number of amides is 1. The molecule has 0 spiro atoms. The summed E-state index contributed by atoms with van der Waals surface area (Å²) in [5.74, 6) is -0.0155. The molecule has 1 aromatic heterocycles. The van der Waals surface area contributed by atoms with E-state index in [0.29, 0.717) is 55.5 Å². The van der Waals surface area contributed by atoms with Gasteiger partial charge in [0.25, 0.3) is 0 Å². The van der Waals surface area contributed by atoms with Gasteiger partial charge in [-0.2, -0.15) is 0 Å². The second-order valence-electron chi connectivity index (χ2n) is 8.13. The largest absolute Gasteiger partial charge is 0.379 e. The Bertz CT molecular complexity index is 1050. The maximum atomic E-state index is 13.1. The average molecular weight is 464 g/mol. The number of Topliss-reactive ketones (excluding diaryl/α,β-unsaturated/α-hetero) is 1. The molecule has 0 atom stereocenters. The molecule has 1 aliphatic heterocycles. The topological polar surface area (TPSA) is 71.5 Å². The number of morpholine rings is 1. The van der Waals surface area contributed by atoms with E-state index in [1.54, 1.807) is 0 Å². The number of hydrogen-bond donors (Lipinski definition) is 1. The Kier molecular flexibility index (Phi) is 8.35. The zero-order chi connectivity index (χ0) is 22.9. The molecule has 0 bridgehead atoms. The number of thiazole rings is 1. The summed E-state index contributed by atoms with van der Waals surface area (Å²) in [7, 11) is 0. The number of carbonyl (C=O) groups is 2. The number of nitrogens with zero attached hydrogens (tertiary/aromatic N) is 2. The van der Waals surface area contributed by atoms with Crippen LogP contribution in [0.2, 0.25) is 0 Å². The van der Waals surface area contributed by atoms with Gasteiger partial charge >= 0.3 is 0 Å². The fourth-order valence-corrected chi connectivity index (χ4v) is 4.76. The molecule has 7 heteroatoms. The molecule has 1 N–H and O–H groups in total. The predicted octanol–water partition coefficient (Wildman–Crippen LogP) is 4.36. The van der Waals surface area contributed by atoms with Crippen molar-refractivity contribution < 1.29 is 14.3 Å². The lowest BCUT2D eigenvalue weighted by Gasteiger charge is -2.26. The molecule has 3 aromatic rings. The Morgan fingerprint density at radius 3 is 2.15 bits per heavy atom. The number of hydrogen-bond acceptors (Lipinski definition) is 6. The second kappa shape index (κ2) is 11.8. The van der Waals surface area contributed by atoms with Crippen LogP contribution in [0.15, 0.2) is 60.7 Å². The highest BCUT2D eigenvalue weighted by molar-refractivity contribution is 7.17. The van der Waals surface area contributed by atoms with Gasteiger partial charge in [-0.25, -0.2) is 4.98 Å². The SMILES string of the molecule is O=C(CCc1ccccc1)Nc1nc(CN2CCOCC2)c(C(=O)CCc2ccccc2)s1. The molecular weight excluding hydrogens is 434 g/mol. The fourth-order valence-electron chi connectivity index (χ4n) is 3.80. The molecule has 0 aliphatic carbocycles. The monoisotopic (exact) mass is 463 g/mol. The first kappa shape index (κ1) is 23.3. The minimum atomic E-state index is -0.0891. The van der Waals surface area contributed by atoms with Crippen molar-refractivity contribution in [1.29, 1.82) is 0 Å². The van der Waals surface area contributed by atoms with Crippen molar-refractivity contribution in [2.75, 3.05) is 31.6 Å². The van der Waals surface area contributed by atoms with Crippen molar-refractivity contribution in [3.8, 4) is 0 Å². The van der Waals surface area contributed by atoms with E-state index in [1.807, 2.05) is 60.7 Å². The Hall–Kier alpha value is -2.87. The van der Waals surface area contributed by atoms with Gasteiger partial charge in [0, 0.05) is 32.5 Å². The van der Waals surface area contributed by atoms with Gasteiger partial charge in [0.05, 0.1) is 23.8 Å². The Labute approximate surface area is 198 Å². The molecule has 0 radical (unpaired) electrons. The third-order valence-corrected chi connectivity index (χ3v) is 6.70. The van der Waals surface area contributed by atoms with E-state index in [9.17, 15) is 9.59 Å². The number of anilines is 1. The van der Waals surface area contributed by atoms with Gasteiger partial charge < -0.3 is 10.1 Å². The molecule has 4 rings (SSSR count). The van der Waals surface area contributed by atoms with Crippen molar-refractivity contribution in [3.63, 3.8) is 0 Å². The maximum Gasteiger partial charge on any atom is 0.226 e. The smallest absolute Gasteiger partial charge is 0.226 e. The zero-order valence-electron chi connectivity index (χ0n) is 18.7. The summed E-state index contributed by atoms with van der Waals surface area (Å²) >= 11 is 1.29. The number of benzene rings is 2. The summed E-state index contributed by atoms with van der Waals surface area (Å²) in [5.41, 5.74) is 3.01. The number of nitrogens with one attached hydrogen (secondary N) is 1. The highest BCUT2D eigenvalue weighted by Crippen LogP contribution is 2.27. The number of ether oxygens (including phenoxy) is 1. The van der Waals surface area contributed by atoms with Gasteiger partial charge in [0.15, 0.2) is 10.9 Å². The third kappa shape index (κ3) is 7.05. The molecule has 1 amide bonds. The van der Waals surface area contributed by atoms with Crippen LogP contribution in [0.25, 0.3) is 0 Å². The van der Waals surface area contributed by atoms with Gasteiger partial charge in [-0.05, 0) is 24.0 Å². The molecule has 1 aliphatic rings. The van der Waals surface area contributed by atoms with Crippen LogP contribution in [0.3, 0.4) is 0 Å². The van der Waals surface area contributed by atoms with Crippen LogP contribution in [0.4, 0.5) is 5.13 Å². The Balaban J connectivity index is 1.42. The standard InChI is InChI=1S/C26H29N3O3S/c30-23(13-11-20-7-3-1-4-8-20)25-22(19-29-15-17-32-18-16-29)27-26(33-25)28-24(31)14-12-21-9-5-2-6-10-21/h1-10H,11-19H2,(H,27,28,31). The summed E-state index contributed by atoms with van der Waals surface area (Å²) in [5, 5.41) is 3.41. The molecular formula is C26H29N3O3S. The van der Waals surface area contributed by atoms with Crippen LogP contribution >= 0.6 is 11.3 Å². The number of aryl methyl sites for hydroxylation is 2. The van der Waals surface area contributed by atoms with Crippen molar-refractivity contribution in [2.45, 2.75) is 32.2 Å². The van der Waals surface area contributed by atoms with Crippen LogP contribution in [-0.4, -0.2) is 47.9 Å². The normalized spacial score (nSPS) is 14.2. The molecule has 172 valence electrons. The summed E-state index contributed by atoms with van der Waals surface area (Å²) in [6.07, 6.45) is 2.15. The second-order valence-corrected chi connectivity index (χ2v) is 9.12. The molecule has 33 heavy (non-hydrogen) atoms. The van der Waals surface area contributed by atoms with Crippen LogP contribution in [-0.2, 0) is 28.9 Å². The maximum absolute atomic E-state index is 13.1. The lowest BCUT2D eigenvalue weighted by atomic mass is 10.1. The van der Waals surface area contributed by atoms with Crippen molar-refractivity contribution in [1.82, 2.24) is 9.88 Å². The van der Waals surface area contributed by atoms with Gasteiger partial charge in [0.1, 0.15) is 0 Å². The lowest BCUT2D eigenvalue weighted by molar-refractivity contribution is -0.116. The average Bonchev–Trinajstić information content (AvgIpc) is 3.25. The number of ketones is 1. The van der Waals surface area contributed by atoms with E-state index in [0.717, 1.165) is 29.9 Å². The summed E-state index contributed by atoms with van der Waals surface area (Å²) < 4.78 is 5.44. The number of aromatic nitrogens is 1. The molecule has 6 nitrogen and oxygen atoms in total. The molecule has 0 unspecified atom stereocenters. The van der Waals surface area contributed by atoms with Gasteiger partial charge in [0.2, 0.25) is 5.91 Å². The summed E-state index contributed by atoms with van der Waals surface area (Å²) in [6.45, 7) is 3.59. The first-order chi connectivity index (χ1) is 16.2. The van der Waals surface area contributed by atoms with E-state index < -0.39 is 0 Å². The van der Waals surface area contributed by atoms with Crippen LogP contribution in [0.5, 0.6) is 0 Å².